The number of benzene rings is 3. The molecule has 0 aliphatic rings. The molecule has 0 spiro atoms. The van der Waals surface area contributed by atoms with Gasteiger partial charge in [0.1, 0.15) is 23.7 Å². The van der Waals surface area contributed by atoms with Crippen LogP contribution in [0.25, 0.3) is 0 Å². The number of hydrogen-bond acceptors (Lipinski definition) is 31. The Morgan fingerprint density at radius 1 is 0.371 bits per heavy atom. The summed E-state index contributed by atoms with van der Waals surface area (Å²) in [5.41, 5.74) is 1.58. The van der Waals surface area contributed by atoms with Crippen LogP contribution < -0.4 is 134 Å². The molecule has 41 heteroatoms. The van der Waals surface area contributed by atoms with Crippen molar-refractivity contribution in [1.29, 1.82) is 0 Å². The molecular formula is C48H83KLiN5Na2O27S5. The zero-order valence-corrected chi connectivity index (χ0v) is 62.0. The first-order valence-corrected chi connectivity index (χ1v) is 32.9. The number of anilines is 1. The Morgan fingerprint density at radius 2 is 0.596 bits per heavy atom. The average Bonchev–Trinajstić information content (AvgIpc) is 1.33. The fourth-order valence-corrected chi connectivity index (χ4v) is 9.54. The first kappa shape index (κ1) is 105. The van der Waals surface area contributed by atoms with Crippen molar-refractivity contribution in [2.45, 2.75) is 17.0 Å². The number of nitrogens with zero attached hydrogens (tertiary/aromatic N) is 5. The van der Waals surface area contributed by atoms with Gasteiger partial charge in [-0.3, -0.25) is 24.2 Å². The van der Waals surface area contributed by atoms with Gasteiger partial charge in [0.15, 0.2) is 0 Å². The molecule has 0 aliphatic carbocycles. The van der Waals surface area contributed by atoms with Crippen LogP contribution in [0.15, 0.2) is 89.8 Å². The van der Waals surface area contributed by atoms with Gasteiger partial charge in [-0.25, -0.2) is 33.7 Å². The fraction of sp³-hybridized carbons (Fsp3) is 0.583. The van der Waals surface area contributed by atoms with Crippen LogP contribution in [0.4, 0.5) is 5.69 Å². The smallest absolute Gasteiger partial charge is 0.748 e. The van der Waals surface area contributed by atoms with Gasteiger partial charge in [-0.1, -0.05) is 72.8 Å². The third-order valence-corrected chi connectivity index (χ3v) is 14.4. The molecule has 3 aromatic rings. The number of aliphatic hydroxyl groups excluding tert-OH is 10. The van der Waals surface area contributed by atoms with Gasteiger partial charge in [0, 0.05) is 78.5 Å². The second kappa shape index (κ2) is 62.8. The molecule has 0 saturated carbocycles. The van der Waals surface area contributed by atoms with Crippen LogP contribution in [-0.4, -0.2) is 317 Å². The number of rotatable bonds is 36. The molecule has 0 radical (unpaired) electrons. The van der Waals surface area contributed by atoms with E-state index in [9.17, 15) is 70.5 Å². The Balaban J connectivity index is -0.000000158. The molecule has 0 amide bonds. The standard InChI is InChI=1S/C22H23NO5S.4C6H15NO5S.2CH2O.K.Li.2Na/c24-15-20(17-9-3-1-4-10-17)23(21(16-25)18-11-5-2-6-12-18)19-13-7-8-14-22(19)29(26,27)28;4*8-4-1-7(2-5-9)3-6-13(10,11)12;2*1-2;;;;/h1-14,20-21,24-25H,15-16H2,(H,26,27,28);4*8-9H,1-6H2,(H,10,11,12);2*1H2;;;;/q;;;;;;;4*+1/p-4. The van der Waals surface area contributed by atoms with E-state index >= 15 is 0 Å². The third-order valence-electron chi connectivity index (χ3n) is 10.8. The second-order valence-corrected chi connectivity index (χ2v) is 24.3. The monoisotopic (exact) mass is 1410 g/mol. The molecule has 3 rings (SSSR count). The van der Waals surface area contributed by atoms with Gasteiger partial charge in [-0.05, 0) is 23.3 Å². The van der Waals surface area contributed by atoms with Crippen LogP contribution in [0, 0.1) is 0 Å². The molecule has 3 aromatic carbocycles. The minimum atomic E-state index is -4.78. The van der Waals surface area contributed by atoms with Crippen molar-refractivity contribution >= 4 is 69.9 Å². The van der Waals surface area contributed by atoms with Crippen molar-refractivity contribution in [3.8, 4) is 0 Å². The molecule has 89 heavy (non-hydrogen) atoms. The summed E-state index contributed by atoms with van der Waals surface area (Å²) in [6, 6.07) is 22.6. The number of hydrogen-bond donors (Lipinski definition) is 11. The van der Waals surface area contributed by atoms with E-state index < -0.39 is 84.8 Å². The topological polar surface area (TPSA) is 536 Å². The van der Waals surface area contributed by atoms with Crippen molar-refractivity contribution in [2.24, 2.45) is 0 Å². The fourth-order valence-electron chi connectivity index (χ4n) is 6.93. The van der Waals surface area contributed by atoms with E-state index in [1.54, 1.807) is 15.9 Å². The molecule has 0 bridgehead atoms. The van der Waals surface area contributed by atoms with Gasteiger partial charge >= 0.3 is 129 Å². The molecule has 496 valence electrons. The van der Waals surface area contributed by atoms with Crippen molar-refractivity contribution < 1.29 is 255 Å². The van der Waals surface area contributed by atoms with E-state index in [1.807, 2.05) is 74.2 Å². The summed E-state index contributed by atoms with van der Waals surface area (Å²) >= 11 is 0. The Hall–Kier alpha value is 0.0238. The maximum Gasteiger partial charge on any atom is 1.00 e. The van der Waals surface area contributed by atoms with Crippen molar-refractivity contribution in [2.75, 3.05) is 173 Å². The van der Waals surface area contributed by atoms with E-state index in [1.165, 1.54) is 32.9 Å². The number of aliphatic hydroxyl groups is 10. The van der Waals surface area contributed by atoms with Crippen LogP contribution >= 0.6 is 0 Å². The van der Waals surface area contributed by atoms with Gasteiger partial charge in [-0.2, -0.15) is 8.42 Å². The molecule has 2 unspecified atom stereocenters. The van der Waals surface area contributed by atoms with Crippen LogP contribution in [0.2, 0.25) is 0 Å². The van der Waals surface area contributed by atoms with Crippen molar-refractivity contribution in [3.63, 3.8) is 0 Å². The Kier molecular flexibility index (Phi) is 74.1. The maximum absolute atomic E-state index is 11.9. The summed E-state index contributed by atoms with van der Waals surface area (Å²) in [6.07, 6.45) is 0. The zero-order valence-electron chi connectivity index (χ0n) is 50.8. The third kappa shape index (κ3) is 59.1. The summed E-state index contributed by atoms with van der Waals surface area (Å²) in [7, 11) is -21.4. The Bertz CT molecular complexity index is 2440. The van der Waals surface area contributed by atoms with Gasteiger partial charge in [0.25, 0.3) is 10.1 Å². The van der Waals surface area contributed by atoms with Gasteiger partial charge in [0.05, 0.1) is 142 Å². The Morgan fingerprint density at radius 3 is 0.798 bits per heavy atom. The van der Waals surface area contributed by atoms with E-state index in [4.69, 9.17) is 55.0 Å². The maximum atomic E-state index is 11.9. The van der Waals surface area contributed by atoms with Crippen molar-refractivity contribution in [1.82, 2.24) is 19.6 Å². The summed E-state index contributed by atoms with van der Waals surface area (Å²) in [6.45, 7) is 4.73. The molecule has 2 atom stereocenters. The van der Waals surface area contributed by atoms with Crippen LogP contribution in [0.5, 0.6) is 0 Å². The summed E-state index contributed by atoms with van der Waals surface area (Å²) in [5, 5.41) is 88.9. The average molecular weight is 1410 g/mol. The molecular weight excluding hydrogens is 1330 g/mol. The normalized spacial score (nSPS) is 11.7. The minimum absolute atomic E-state index is 0. The van der Waals surface area contributed by atoms with Crippen molar-refractivity contribution in [3.05, 3.63) is 96.1 Å². The SMILES string of the molecule is C=O.C=O.O=S(=O)(O)CCN(CCO)CCO.O=S(=O)([O-])CCN(CCO)CCO.O=S(=O)([O-])CCN(CCO)CCO.O=S(=O)([O-])CCN(CCO)CCO.O=S(=O)([O-])c1ccccc1N(C(CO)c1ccccc1)C(CO)c1ccccc1.[K+].[Li+].[Na+].[Na+]. The minimum Gasteiger partial charge on any atom is -0.748 e. The molecule has 0 heterocycles. The Labute approximate surface area is 622 Å². The quantitative estimate of drug-likeness (QED) is 0.0190. The number of carbonyl (C=O) groups excluding carboxylic acids is 2. The van der Waals surface area contributed by atoms with Gasteiger partial charge < -0.3 is 83.8 Å². The first-order chi connectivity index (χ1) is 39.9. The van der Waals surface area contributed by atoms with E-state index in [-0.39, 0.29) is 285 Å². The van der Waals surface area contributed by atoms with E-state index in [0.717, 1.165) is 11.1 Å². The molecule has 11 N–H and O–H groups in total. The zero-order chi connectivity index (χ0) is 66.1. The molecule has 32 nitrogen and oxygen atoms in total. The first-order valence-electron chi connectivity index (χ1n) is 25.2. The molecule has 0 aliphatic heterocycles. The molecule has 0 fully saturated rings. The summed E-state index contributed by atoms with van der Waals surface area (Å²) in [5.74, 6) is -1.86. The van der Waals surface area contributed by atoms with Crippen LogP contribution in [-0.2, 0) is 60.2 Å². The second-order valence-electron chi connectivity index (χ2n) is 16.8. The van der Waals surface area contributed by atoms with E-state index in [2.05, 4.69) is 0 Å². The molecule has 0 saturated heterocycles. The predicted molar refractivity (Wildman–Crippen MR) is 306 cm³/mol. The predicted octanol–water partition coefficient (Wildman–Crippen LogP) is -17.9. The number of para-hydroxylation sites is 1. The van der Waals surface area contributed by atoms with E-state index in [0.29, 0.717) is 0 Å². The van der Waals surface area contributed by atoms with Crippen LogP contribution in [0.3, 0.4) is 0 Å². The number of carbonyl (C=O) groups is 2. The summed E-state index contributed by atoms with van der Waals surface area (Å²) in [4.78, 5) is 23.3. The van der Waals surface area contributed by atoms with Crippen LogP contribution in [0.1, 0.15) is 23.2 Å². The molecule has 0 aromatic heterocycles. The summed E-state index contributed by atoms with van der Waals surface area (Å²) < 4.78 is 157. The largest absolute Gasteiger partial charge is 1.00 e. The van der Waals surface area contributed by atoms with Gasteiger partial charge in [0.2, 0.25) is 0 Å². The van der Waals surface area contributed by atoms with Gasteiger partial charge in [-0.15, -0.1) is 0 Å².